The van der Waals surface area contributed by atoms with Gasteiger partial charge in [-0.15, -0.1) is 0 Å². The molecule has 0 aliphatic heterocycles. The average Bonchev–Trinajstić information content (AvgIpc) is 2.24. The maximum absolute atomic E-state index is 5.93. The Kier molecular flexibility index (Phi) is 3.59. The van der Waals surface area contributed by atoms with E-state index >= 15 is 0 Å². The third-order valence-electron chi connectivity index (χ3n) is 1.88. The van der Waals surface area contributed by atoms with Crippen molar-refractivity contribution in [2.45, 2.75) is 9.79 Å². The second-order valence-electron chi connectivity index (χ2n) is 3.09. The van der Waals surface area contributed by atoms with E-state index in [-0.39, 0.29) is 0 Å². The highest BCUT2D eigenvalue weighted by Gasteiger charge is 2.02. The summed E-state index contributed by atoms with van der Waals surface area (Å²) in [6.07, 6.45) is 1.68. The number of nitrogens with two attached hydrogens (primary N) is 1. The van der Waals surface area contributed by atoms with E-state index in [0.29, 0.717) is 15.9 Å². The SMILES string of the molecule is Nc1cc(Sc2ccc(Cl)c(Cl)c2)ccn1. The smallest absolute Gasteiger partial charge is 0.124 e. The second kappa shape index (κ2) is 4.95. The molecule has 0 saturated heterocycles. The summed E-state index contributed by atoms with van der Waals surface area (Å²) in [5.41, 5.74) is 5.59. The molecule has 0 unspecified atom stereocenters. The predicted octanol–water partition coefficient (Wildman–Crippen LogP) is 4.12. The summed E-state index contributed by atoms with van der Waals surface area (Å²) >= 11 is 13.3. The summed E-state index contributed by atoms with van der Waals surface area (Å²) in [4.78, 5) is 5.96. The molecule has 1 aromatic carbocycles. The normalized spacial score (nSPS) is 10.4. The minimum atomic E-state index is 0.505. The van der Waals surface area contributed by atoms with Crippen molar-refractivity contribution < 1.29 is 0 Å². The number of benzene rings is 1. The lowest BCUT2D eigenvalue weighted by molar-refractivity contribution is 1.27. The standard InChI is InChI=1S/C11H8Cl2N2S/c12-9-2-1-7(5-10(9)13)16-8-3-4-15-11(14)6-8/h1-6H,(H2,14,15). The average molecular weight is 271 g/mol. The van der Waals surface area contributed by atoms with Crippen LogP contribution in [0, 0.1) is 0 Å². The molecule has 5 heteroatoms. The van der Waals surface area contributed by atoms with E-state index in [1.807, 2.05) is 24.3 Å². The molecule has 0 aliphatic rings. The number of aromatic nitrogens is 1. The van der Waals surface area contributed by atoms with Gasteiger partial charge in [0.2, 0.25) is 0 Å². The van der Waals surface area contributed by atoms with Crippen LogP contribution in [0.2, 0.25) is 10.0 Å². The lowest BCUT2D eigenvalue weighted by Crippen LogP contribution is -1.88. The van der Waals surface area contributed by atoms with Gasteiger partial charge >= 0.3 is 0 Å². The second-order valence-corrected chi connectivity index (χ2v) is 5.06. The Labute approximate surface area is 108 Å². The van der Waals surface area contributed by atoms with Crippen LogP contribution in [-0.4, -0.2) is 4.98 Å². The van der Waals surface area contributed by atoms with Crippen LogP contribution in [0.25, 0.3) is 0 Å². The van der Waals surface area contributed by atoms with Gasteiger partial charge in [0, 0.05) is 16.0 Å². The number of anilines is 1. The van der Waals surface area contributed by atoms with Gasteiger partial charge in [0.15, 0.2) is 0 Å². The van der Waals surface area contributed by atoms with E-state index < -0.39 is 0 Å². The minimum absolute atomic E-state index is 0.505. The van der Waals surface area contributed by atoms with E-state index in [9.17, 15) is 0 Å². The highest BCUT2D eigenvalue weighted by molar-refractivity contribution is 7.99. The van der Waals surface area contributed by atoms with Gasteiger partial charge in [-0.05, 0) is 30.3 Å². The third kappa shape index (κ3) is 2.82. The number of hydrogen-bond donors (Lipinski definition) is 1. The van der Waals surface area contributed by atoms with Crippen molar-refractivity contribution in [1.82, 2.24) is 4.98 Å². The Morgan fingerprint density at radius 1 is 1.00 bits per heavy atom. The van der Waals surface area contributed by atoms with Gasteiger partial charge in [0.1, 0.15) is 5.82 Å². The summed E-state index contributed by atoms with van der Waals surface area (Å²) in [7, 11) is 0. The van der Waals surface area contributed by atoms with E-state index in [2.05, 4.69) is 4.98 Å². The van der Waals surface area contributed by atoms with Crippen LogP contribution in [0.1, 0.15) is 0 Å². The van der Waals surface area contributed by atoms with Crippen LogP contribution in [0.5, 0.6) is 0 Å². The molecule has 0 saturated carbocycles. The molecule has 0 aliphatic carbocycles. The van der Waals surface area contributed by atoms with Crippen LogP contribution >= 0.6 is 35.0 Å². The van der Waals surface area contributed by atoms with Gasteiger partial charge in [0.25, 0.3) is 0 Å². The Hall–Kier alpha value is -0.900. The maximum atomic E-state index is 5.93. The molecule has 0 spiro atoms. The molecule has 0 fully saturated rings. The van der Waals surface area contributed by atoms with Crippen molar-refractivity contribution in [3.63, 3.8) is 0 Å². The fourth-order valence-corrected chi connectivity index (χ4v) is 2.42. The van der Waals surface area contributed by atoms with Crippen molar-refractivity contribution >= 4 is 40.8 Å². The molecule has 82 valence electrons. The van der Waals surface area contributed by atoms with E-state index in [1.54, 1.807) is 24.0 Å². The van der Waals surface area contributed by atoms with Gasteiger partial charge < -0.3 is 5.73 Å². The number of halogens is 2. The first-order valence-corrected chi connectivity index (χ1v) is 6.07. The van der Waals surface area contributed by atoms with Crippen LogP contribution in [0.3, 0.4) is 0 Å². The van der Waals surface area contributed by atoms with E-state index in [0.717, 1.165) is 9.79 Å². The fourth-order valence-electron chi connectivity index (χ4n) is 1.17. The molecule has 1 heterocycles. The largest absolute Gasteiger partial charge is 0.384 e. The molecule has 0 bridgehead atoms. The summed E-state index contributed by atoms with van der Waals surface area (Å²) in [5, 5.41) is 1.11. The fraction of sp³-hybridized carbons (Fsp3) is 0. The van der Waals surface area contributed by atoms with Crippen LogP contribution in [0.4, 0.5) is 5.82 Å². The molecule has 2 N–H and O–H groups in total. The van der Waals surface area contributed by atoms with Crippen molar-refractivity contribution in [2.75, 3.05) is 5.73 Å². The lowest BCUT2D eigenvalue weighted by Gasteiger charge is -2.03. The molecule has 0 atom stereocenters. The first-order valence-electron chi connectivity index (χ1n) is 4.49. The van der Waals surface area contributed by atoms with Gasteiger partial charge in [-0.1, -0.05) is 35.0 Å². The van der Waals surface area contributed by atoms with Crippen molar-refractivity contribution in [2.24, 2.45) is 0 Å². The molecular formula is C11H8Cl2N2S. The highest BCUT2D eigenvalue weighted by atomic mass is 35.5. The zero-order chi connectivity index (χ0) is 11.5. The monoisotopic (exact) mass is 270 g/mol. The van der Waals surface area contributed by atoms with Gasteiger partial charge in [-0.2, -0.15) is 0 Å². The van der Waals surface area contributed by atoms with Crippen molar-refractivity contribution in [3.05, 3.63) is 46.6 Å². The first kappa shape index (κ1) is 11.6. The maximum Gasteiger partial charge on any atom is 0.124 e. The molecule has 2 nitrogen and oxygen atoms in total. The third-order valence-corrected chi connectivity index (χ3v) is 3.60. The topological polar surface area (TPSA) is 38.9 Å². The predicted molar refractivity (Wildman–Crippen MR) is 69.2 cm³/mol. The summed E-state index contributed by atoms with van der Waals surface area (Å²) < 4.78 is 0. The lowest BCUT2D eigenvalue weighted by atomic mass is 10.4. The number of nitrogen functional groups attached to an aromatic ring is 1. The Balaban J connectivity index is 2.24. The minimum Gasteiger partial charge on any atom is -0.384 e. The molecule has 2 rings (SSSR count). The van der Waals surface area contributed by atoms with Crippen LogP contribution in [0.15, 0.2) is 46.3 Å². The zero-order valence-corrected chi connectivity index (χ0v) is 10.5. The van der Waals surface area contributed by atoms with Gasteiger partial charge in [0.05, 0.1) is 10.0 Å². The number of nitrogens with zero attached hydrogens (tertiary/aromatic N) is 1. The van der Waals surface area contributed by atoms with Crippen molar-refractivity contribution in [1.29, 1.82) is 0 Å². The molecule has 2 aromatic rings. The van der Waals surface area contributed by atoms with E-state index in [1.165, 1.54) is 0 Å². The number of hydrogen-bond acceptors (Lipinski definition) is 3. The molecule has 1 aromatic heterocycles. The number of rotatable bonds is 2. The molecule has 0 amide bonds. The van der Waals surface area contributed by atoms with Gasteiger partial charge in [-0.3, -0.25) is 0 Å². The summed E-state index contributed by atoms with van der Waals surface area (Å²) in [6.45, 7) is 0. The molecule has 0 radical (unpaired) electrons. The summed E-state index contributed by atoms with van der Waals surface area (Å²) in [6, 6.07) is 9.22. The molecular weight excluding hydrogens is 263 g/mol. The Morgan fingerprint density at radius 3 is 2.44 bits per heavy atom. The number of pyridine rings is 1. The van der Waals surface area contributed by atoms with E-state index in [4.69, 9.17) is 28.9 Å². The molecule has 16 heavy (non-hydrogen) atoms. The van der Waals surface area contributed by atoms with Crippen LogP contribution < -0.4 is 5.73 Å². The van der Waals surface area contributed by atoms with Crippen LogP contribution in [-0.2, 0) is 0 Å². The van der Waals surface area contributed by atoms with Gasteiger partial charge in [-0.25, -0.2) is 4.98 Å². The quantitative estimate of drug-likeness (QED) is 0.892. The first-order chi connectivity index (χ1) is 7.65. The van der Waals surface area contributed by atoms with Crippen molar-refractivity contribution in [3.8, 4) is 0 Å². The summed E-state index contributed by atoms with van der Waals surface area (Å²) in [5.74, 6) is 0.505. The zero-order valence-electron chi connectivity index (χ0n) is 8.15. The Morgan fingerprint density at radius 2 is 1.75 bits per heavy atom. The highest BCUT2D eigenvalue weighted by Crippen LogP contribution is 2.32. The Bertz CT molecular complexity index is 517.